The molecule has 0 atom stereocenters. The summed E-state index contributed by atoms with van der Waals surface area (Å²) in [5.74, 6) is 0. The van der Waals surface area contributed by atoms with E-state index in [-0.39, 0.29) is 5.34 Å². The van der Waals surface area contributed by atoms with Gasteiger partial charge < -0.3 is 0 Å². The number of nitrogens with zero attached hydrogens (tertiary/aromatic N) is 6. The van der Waals surface area contributed by atoms with Crippen molar-refractivity contribution in [2.24, 2.45) is 0 Å². The van der Waals surface area contributed by atoms with Gasteiger partial charge in [-0.2, -0.15) is 0 Å². The van der Waals surface area contributed by atoms with Crippen LogP contribution in [0.1, 0.15) is 0 Å². The number of rotatable bonds is 6. The van der Waals surface area contributed by atoms with Crippen LogP contribution < -0.4 is 0 Å². The van der Waals surface area contributed by atoms with E-state index in [1.54, 1.807) is 24.8 Å². The summed E-state index contributed by atoms with van der Waals surface area (Å²) in [6.45, 7) is 0. The monoisotopic (exact) mass is 624 g/mol. The average Bonchev–Trinajstić information content (AvgIpc) is 3.13. The average molecular weight is 626 g/mol. The molecule has 7 rings (SSSR count). The molecule has 6 aromatic heterocycles. The summed E-state index contributed by atoms with van der Waals surface area (Å²) in [4.78, 5) is 28.1. The largest absolute Gasteiger partial charge is 0.255 e. The minimum absolute atomic E-state index is 0.194. The molecule has 0 aliphatic carbocycles. The third-order valence-corrected chi connectivity index (χ3v) is 6.89. The van der Waals surface area contributed by atoms with E-state index in [9.17, 15) is 0 Å². The van der Waals surface area contributed by atoms with Crippen LogP contribution in [0.5, 0.6) is 0 Å². The van der Waals surface area contributed by atoms with Crippen LogP contribution in [0.3, 0.4) is 0 Å². The van der Waals surface area contributed by atoms with E-state index in [2.05, 4.69) is 68.5 Å². The molecule has 0 radical (unpaired) electrons. The second-order valence-corrected chi connectivity index (χ2v) is 10.6. The number of pyridine rings is 6. The second kappa shape index (κ2) is 14.4. The Morgan fingerprint density at radius 1 is 0.333 bits per heavy atom. The Labute approximate surface area is 271 Å². The van der Waals surface area contributed by atoms with Gasteiger partial charge in [-0.1, -0.05) is 42.5 Å². The molecule has 0 spiro atoms. The molecule has 6 nitrogen and oxygen atoms in total. The molecule has 45 heavy (non-hydrogen) atoms. The molecule has 0 bridgehead atoms. The zero-order valence-corrected chi connectivity index (χ0v) is 25.5. The maximum atomic E-state index is 4.92. The summed E-state index contributed by atoms with van der Waals surface area (Å²) >= 11 is 9.53. The molecule has 0 saturated carbocycles. The van der Waals surface area contributed by atoms with Crippen LogP contribution in [0, 0.1) is 0 Å². The summed E-state index contributed by atoms with van der Waals surface area (Å²) in [7, 11) is 0. The molecule has 0 aliphatic rings. The quantitative estimate of drug-likeness (QED) is 0.171. The molecule has 8 heteroatoms. The highest BCUT2D eigenvalue weighted by atomic mass is 35.5. The van der Waals surface area contributed by atoms with E-state index in [4.69, 9.17) is 33.2 Å². The smallest absolute Gasteiger partial charge is 0.0967 e. The molecule has 1 aromatic carbocycles. The number of hydrogen-bond acceptors (Lipinski definition) is 6. The van der Waals surface area contributed by atoms with Gasteiger partial charge in [0.05, 0.1) is 50.9 Å². The lowest BCUT2D eigenvalue weighted by atomic mass is 9.97. The minimum atomic E-state index is 0.194. The van der Waals surface area contributed by atoms with Gasteiger partial charge in [0.15, 0.2) is 0 Å². The summed E-state index contributed by atoms with van der Waals surface area (Å²) in [6, 6.07) is 40.2. The first kappa shape index (κ1) is 29.8. The first-order valence-corrected chi connectivity index (χ1v) is 15.2. The third-order valence-electron chi connectivity index (χ3n) is 6.89. The van der Waals surface area contributed by atoms with Crippen molar-refractivity contribution in [2.75, 3.05) is 5.34 Å². The van der Waals surface area contributed by atoms with E-state index < -0.39 is 0 Å². The normalized spacial score (nSPS) is 10.5. The topological polar surface area (TPSA) is 77.3 Å². The van der Waals surface area contributed by atoms with Crippen LogP contribution >= 0.6 is 23.2 Å². The summed E-state index contributed by atoms with van der Waals surface area (Å²) < 4.78 is 0. The first-order chi connectivity index (χ1) is 22.2. The van der Waals surface area contributed by atoms with E-state index in [1.165, 1.54) is 0 Å². The second-order valence-electron chi connectivity index (χ2n) is 9.79. The van der Waals surface area contributed by atoms with E-state index in [0.29, 0.717) is 0 Å². The Kier molecular flexibility index (Phi) is 9.55. The highest BCUT2D eigenvalue weighted by Crippen LogP contribution is 2.33. The van der Waals surface area contributed by atoms with Gasteiger partial charge in [-0.05, 0) is 101 Å². The molecule has 0 saturated heterocycles. The lowest BCUT2D eigenvalue weighted by molar-refractivity contribution is 1.22. The fourth-order valence-corrected chi connectivity index (χ4v) is 4.85. The molecular formula is C37H26Cl2N6. The summed E-state index contributed by atoms with van der Waals surface area (Å²) in [5.41, 5.74) is 10.5. The number of benzene rings is 1. The van der Waals surface area contributed by atoms with Crippen molar-refractivity contribution in [2.45, 2.75) is 0 Å². The molecular weight excluding hydrogens is 599 g/mol. The molecule has 0 N–H and O–H groups in total. The van der Waals surface area contributed by atoms with Gasteiger partial charge in [-0.25, -0.2) is 9.97 Å². The van der Waals surface area contributed by atoms with Gasteiger partial charge in [0.25, 0.3) is 0 Å². The van der Waals surface area contributed by atoms with Gasteiger partial charge >= 0.3 is 0 Å². The van der Waals surface area contributed by atoms with Gasteiger partial charge in [-0.15, -0.1) is 23.2 Å². The molecule has 0 amide bonds. The number of alkyl halides is 2. The lowest BCUT2D eigenvalue weighted by Gasteiger charge is -2.12. The van der Waals surface area contributed by atoms with Crippen LogP contribution in [-0.4, -0.2) is 35.2 Å². The van der Waals surface area contributed by atoms with E-state index in [0.717, 1.165) is 67.8 Å². The molecule has 218 valence electrons. The van der Waals surface area contributed by atoms with Crippen molar-refractivity contribution in [1.29, 1.82) is 0 Å². The predicted octanol–water partition coefficient (Wildman–Crippen LogP) is 9.48. The fourth-order valence-electron chi connectivity index (χ4n) is 4.85. The van der Waals surface area contributed by atoms with Crippen molar-refractivity contribution in [1.82, 2.24) is 29.9 Å². The predicted molar refractivity (Wildman–Crippen MR) is 182 cm³/mol. The Morgan fingerprint density at radius 3 is 0.911 bits per heavy atom. The van der Waals surface area contributed by atoms with Crippen molar-refractivity contribution in [3.8, 4) is 67.8 Å². The highest BCUT2D eigenvalue weighted by molar-refractivity contribution is 6.40. The molecule has 0 fully saturated rings. The van der Waals surface area contributed by atoms with E-state index >= 15 is 0 Å². The van der Waals surface area contributed by atoms with Gasteiger partial charge in [-0.3, -0.25) is 19.9 Å². The molecule has 7 aromatic rings. The maximum absolute atomic E-state index is 4.92. The Balaban J connectivity index is 0.00000115. The van der Waals surface area contributed by atoms with Crippen molar-refractivity contribution < 1.29 is 0 Å². The Bertz CT molecular complexity index is 1730. The van der Waals surface area contributed by atoms with Crippen molar-refractivity contribution in [3.05, 3.63) is 146 Å². The SMILES string of the molecule is ClCCl.c1ccc(-c2cc(-c3cccc(-c4cc(-c5ccccn5)nc(-c5ccccn5)c4)c3)cc(-c3ccccn3)n2)nc1. The zero-order valence-electron chi connectivity index (χ0n) is 24.0. The van der Waals surface area contributed by atoms with E-state index in [1.807, 2.05) is 72.8 Å². The first-order valence-electron chi connectivity index (χ1n) is 14.1. The lowest BCUT2D eigenvalue weighted by Crippen LogP contribution is -1.95. The molecule has 6 heterocycles. The maximum Gasteiger partial charge on any atom is 0.0967 e. The van der Waals surface area contributed by atoms with Gasteiger partial charge in [0.1, 0.15) is 0 Å². The van der Waals surface area contributed by atoms with Crippen molar-refractivity contribution >= 4 is 23.2 Å². The Hall–Kier alpha value is -5.30. The zero-order chi connectivity index (χ0) is 30.8. The van der Waals surface area contributed by atoms with Crippen molar-refractivity contribution in [3.63, 3.8) is 0 Å². The standard InChI is InChI=1S/C36H24N6.CH2Cl2/c1-5-16-37-29(12-1)33-21-27(22-34(41-33)30-13-2-6-17-38-30)25-10-9-11-26(20-25)28-23-35(31-14-3-7-18-39-31)42-36(24-28)32-15-4-8-19-40-32;2-1-3/h1-24H;1H2. The summed E-state index contributed by atoms with van der Waals surface area (Å²) in [5, 5.41) is 0.194. The molecule has 0 unspecified atom stereocenters. The van der Waals surface area contributed by atoms with Gasteiger partial charge in [0.2, 0.25) is 0 Å². The highest BCUT2D eigenvalue weighted by Gasteiger charge is 2.13. The van der Waals surface area contributed by atoms with Gasteiger partial charge in [0, 0.05) is 24.8 Å². The number of aromatic nitrogens is 6. The number of halogens is 2. The van der Waals surface area contributed by atoms with Crippen LogP contribution in [0.4, 0.5) is 0 Å². The fraction of sp³-hybridized carbons (Fsp3) is 0.0270. The Morgan fingerprint density at radius 2 is 0.644 bits per heavy atom. The van der Waals surface area contributed by atoms with Crippen LogP contribution in [0.15, 0.2) is 146 Å². The van der Waals surface area contributed by atoms with Crippen LogP contribution in [0.25, 0.3) is 67.8 Å². The third kappa shape index (κ3) is 7.27. The summed E-state index contributed by atoms with van der Waals surface area (Å²) in [6.07, 6.45) is 7.14. The van der Waals surface area contributed by atoms with Crippen LogP contribution in [-0.2, 0) is 0 Å². The minimum Gasteiger partial charge on any atom is -0.255 e. The molecule has 0 aliphatic heterocycles. The van der Waals surface area contributed by atoms with Crippen LogP contribution in [0.2, 0.25) is 0 Å². The number of hydrogen-bond donors (Lipinski definition) is 0.